The van der Waals surface area contributed by atoms with Crippen LogP contribution in [0.3, 0.4) is 0 Å². The Labute approximate surface area is 86.4 Å². The molecule has 3 N–H and O–H groups in total. The smallest absolute Gasteiger partial charge is 0.265 e. The Kier molecular flexibility index (Phi) is 2.14. The van der Waals surface area contributed by atoms with Gasteiger partial charge in [-0.15, -0.1) is 0 Å². The number of nitrogen functional groups attached to an aromatic ring is 1. The molecule has 3 nitrogen and oxygen atoms in total. The van der Waals surface area contributed by atoms with Crippen LogP contribution < -0.4 is 5.73 Å². The van der Waals surface area contributed by atoms with Gasteiger partial charge in [-0.05, 0) is 12.1 Å². The molecule has 1 heterocycles. The average molecular weight is 262 g/mol. The SMILES string of the molecule is Nc1nc2cc(Br)c(C(F)F)cc2[nH]1. The topological polar surface area (TPSA) is 54.7 Å². The zero-order valence-corrected chi connectivity index (χ0v) is 8.48. The monoisotopic (exact) mass is 261 g/mol. The van der Waals surface area contributed by atoms with Gasteiger partial charge in [-0.25, -0.2) is 13.8 Å². The van der Waals surface area contributed by atoms with Crippen molar-refractivity contribution >= 4 is 32.9 Å². The maximum Gasteiger partial charge on any atom is 0.265 e. The molecule has 0 amide bonds. The zero-order valence-electron chi connectivity index (χ0n) is 6.89. The largest absolute Gasteiger partial charge is 0.369 e. The number of halogens is 3. The lowest BCUT2D eigenvalue weighted by Crippen LogP contribution is -1.86. The molecular formula is C8H6BrF2N3. The van der Waals surface area contributed by atoms with Crippen molar-refractivity contribution in [3.63, 3.8) is 0 Å². The van der Waals surface area contributed by atoms with Crippen molar-refractivity contribution in [1.29, 1.82) is 0 Å². The molecule has 0 bridgehead atoms. The highest BCUT2D eigenvalue weighted by atomic mass is 79.9. The maximum atomic E-state index is 12.5. The molecule has 0 saturated heterocycles. The van der Waals surface area contributed by atoms with E-state index in [1.54, 1.807) is 0 Å². The van der Waals surface area contributed by atoms with E-state index in [1.165, 1.54) is 12.1 Å². The van der Waals surface area contributed by atoms with Gasteiger partial charge in [-0.2, -0.15) is 0 Å². The first kappa shape index (κ1) is 9.39. The van der Waals surface area contributed by atoms with E-state index in [2.05, 4.69) is 25.9 Å². The molecule has 74 valence electrons. The standard InChI is InChI=1S/C8H6BrF2N3/c9-4-2-6-5(13-8(12)14-6)1-3(4)7(10)11/h1-2,7H,(H3,12,13,14). The number of nitrogens with two attached hydrogens (primary N) is 1. The molecule has 0 aliphatic rings. The van der Waals surface area contributed by atoms with Crippen LogP contribution in [-0.4, -0.2) is 9.97 Å². The van der Waals surface area contributed by atoms with Crippen molar-refractivity contribution in [1.82, 2.24) is 9.97 Å². The number of fused-ring (bicyclic) bond motifs is 1. The van der Waals surface area contributed by atoms with Crippen molar-refractivity contribution < 1.29 is 8.78 Å². The first-order valence-electron chi connectivity index (χ1n) is 3.80. The lowest BCUT2D eigenvalue weighted by atomic mass is 10.2. The third kappa shape index (κ3) is 1.45. The molecule has 6 heteroatoms. The summed E-state index contributed by atoms with van der Waals surface area (Å²) in [5.41, 5.74) is 6.41. The second-order valence-corrected chi connectivity index (χ2v) is 3.67. The number of alkyl halides is 2. The Bertz CT molecular complexity index is 481. The van der Waals surface area contributed by atoms with Crippen LogP contribution >= 0.6 is 15.9 Å². The van der Waals surface area contributed by atoms with E-state index in [1.807, 2.05) is 0 Å². The van der Waals surface area contributed by atoms with Gasteiger partial charge in [0.05, 0.1) is 11.0 Å². The molecular weight excluding hydrogens is 256 g/mol. The molecule has 0 aliphatic heterocycles. The van der Waals surface area contributed by atoms with Crippen molar-refractivity contribution in [2.24, 2.45) is 0 Å². The summed E-state index contributed by atoms with van der Waals surface area (Å²) in [5, 5.41) is 0. The fourth-order valence-electron chi connectivity index (χ4n) is 1.24. The summed E-state index contributed by atoms with van der Waals surface area (Å²) in [6, 6.07) is 2.86. The van der Waals surface area contributed by atoms with Gasteiger partial charge in [0.2, 0.25) is 0 Å². The van der Waals surface area contributed by atoms with Crippen molar-refractivity contribution in [3.8, 4) is 0 Å². The van der Waals surface area contributed by atoms with Gasteiger partial charge in [0, 0.05) is 10.0 Å². The highest BCUT2D eigenvalue weighted by Crippen LogP contribution is 2.30. The Morgan fingerprint density at radius 2 is 2.14 bits per heavy atom. The molecule has 0 aliphatic carbocycles. The van der Waals surface area contributed by atoms with Gasteiger partial charge < -0.3 is 10.7 Å². The molecule has 1 aromatic carbocycles. The normalized spacial score (nSPS) is 11.4. The fraction of sp³-hybridized carbons (Fsp3) is 0.125. The zero-order chi connectivity index (χ0) is 10.3. The Balaban J connectivity index is 2.70. The quantitative estimate of drug-likeness (QED) is 0.830. The van der Waals surface area contributed by atoms with Gasteiger partial charge in [-0.1, -0.05) is 15.9 Å². The number of rotatable bonds is 1. The second kappa shape index (κ2) is 3.20. The van der Waals surface area contributed by atoms with Crippen LogP contribution in [0.25, 0.3) is 11.0 Å². The number of nitrogens with zero attached hydrogens (tertiary/aromatic N) is 1. The first-order valence-corrected chi connectivity index (χ1v) is 4.60. The van der Waals surface area contributed by atoms with Gasteiger partial charge in [0.15, 0.2) is 5.95 Å². The number of imidazole rings is 1. The third-order valence-corrected chi connectivity index (χ3v) is 2.54. The number of aromatic nitrogens is 2. The number of H-pyrrole nitrogens is 1. The number of benzene rings is 1. The van der Waals surface area contributed by atoms with E-state index < -0.39 is 6.43 Å². The van der Waals surface area contributed by atoms with E-state index in [9.17, 15) is 8.78 Å². The molecule has 2 rings (SSSR count). The summed E-state index contributed by atoms with van der Waals surface area (Å²) in [6.45, 7) is 0. The Morgan fingerprint density at radius 3 is 2.79 bits per heavy atom. The van der Waals surface area contributed by atoms with E-state index in [0.29, 0.717) is 15.5 Å². The van der Waals surface area contributed by atoms with Crippen LogP contribution in [0.4, 0.5) is 14.7 Å². The van der Waals surface area contributed by atoms with Gasteiger partial charge in [0.1, 0.15) is 0 Å². The lowest BCUT2D eigenvalue weighted by molar-refractivity contribution is 0.150. The minimum Gasteiger partial charge on any atom is -0.369 e. The van der Waals surface area contributed by atoms with Crippen LogP contribution in [0.2, 0.25) is 0 Å². The molecule has 14 heavy (non-hydrogen) atoms. The number of hydrogen-bond acceptors (Lipinski definition) is 2. The molecule has 1 aromatic heterocycles. The van der Waals surface area contributed by atoms with Crippen LogP contribution in [0.5, 0.6) is 0 Å². The predicted octanol–water partition coefficient (Wildman–Crippen LogP) is 2.85. The second-order valence-electron chi connectivity index (χ2n) is 2.81. The molecule has 0 spiro atoms. The van der Waals surface area contributed by atoms with Crippen molar-refractivity contribution in [2.75, 3.05) is 5.73 Å². The third-order valence-electron chi connectivity index (χ3n) is 1.85. The predicted molar refractivity (Wildman–Crippen MR) is 53.2 cm³/mol. The molecule has 0 unspecified atom stereocenters. The van der Waals surface area contributed by atoms with Crippen LogP contribution in [-0.2, 0) is 0 Å². The van der Waals surface area contributed by atoms with E-state index in [4.69, 9.17) is 5.73 Å². The summed E-state index contributed by atoms with van der Waals surface area (Å²) in [4.78, 5) is 6.62. The molecule has 0 fully saturated rings. The Morgan fingerprint density at radius 1 is 1.43 bits per heavy atom. The van der Waals surface area contributed by atoms with Crippen molar-refractivity contribution in [2.45, 2.75) is 6.43 Å². The summed E-state index contributed by atoms with van der Waals surface area (Å²) < 4.78 is 25.3. The summed E-state index contributed by atoms with van der Waals surface area (Å²) in [5.74, 6) is 0.221. The van der Waals surface area contributed by atoms with E-state index >= 15 is 0 Å². The van der Waals surface area contributed by atoms with Crippen LogP contribution in [0, 0.1) is 0 Å². The lowest BCUT2D eigenvalue weighted by Gasteiger charge is -2.01. The minimum atomic E-state index is -2.52. The van der Waals surface area contributed by atoms with Gasteiger partial charge >= 0.3 is 0 Å². The summed E-state index contributed by atoms with van der Waals surface area (Å²) in [6.07, 6.45) is -2.52. The van der Waals surface area contributed by atoms with E-state index in [0.717, 1.165) is 0 Å². The molecule has 0 radical (unpaired) electrons. The molecule has 0 saturated carbocycles. The highest BCUT2D eigenvalue weighted by molar-refractivity contribution is 9.10. The van der Waals surface area contributed by atoms with Crippen LogP contribution in [0.15, 0.2) is 16.6 Å². The summed E-state index contributed by atoms with van der Waals surface area (Å²) >= 11 is 3.05. The maximum absolute atomic E-state index is 12.5. The van der Waals surface area contributed by atoms with Gasteiger partial charge in [-0.3, -0.25) is 0 Å². The first-order chi connectivity index (χ1) is 6.58. The number of anilines is 1. The minimum absolute atomic E-state index is 0.0684. The average Bonchev–Trinajstić information content (AvgIpc) is 2.42. The molecule has 0 atom stereocenters. The van der Waals surface area contributed by atoms with Crippen LogP contribution in [0.1, 0.15) is 12.0 Å². The molecule has 2 aromatic rings. The Hall–Kier alpha value is -1.17. The van der Waals surface area contributed by atoms with E-state index in [-0.39, 0.29) is 11.5 Å². The number of hydrogen-bond donors (Lipinski definition) is 2. The number of nitrogens with one attached hydrogen (secondary N) is 1. The van der Waals surface area contributed by atoms with Crippen molar-refractivity contribution in [3.05, 3.63) is 22.2 Å². The highest BCUT2D eigenvalue weighted by Gasteiger charge is 2.13. The number of aromatic amines is 1. The summed E-state index contributed by atoms with van der Waals surface area (Å²) in [7, 11) is 0. The fourth-order valence-corrected chi connectivity index (χ4v) is 1.74. The van der Waals surface area contributed by atoms with Gasteiger partial charge in [0.25, 0.3) is 6.43 Å².